The first-order valence-electron chi connectivity index (χ1n) is 7.87. The largest absolute Gasteiger partial charge is 0.356 e. The van der Waals surface area contributed by atoms with Crippen molar-refractivity contribution in [1.82, 2.24) is 9.97 Å². The molecule has 0 N–H and O–H groups in total. The summed E-state index contributed by atoms with van der Waals surface area (Å²) < 4.78 is 0. The van der Waals surface area contributed by atoms with Gasteiger partial charge in [0.2, 0.25) is 0 Å². The molecule has 2 aromatic heterocycles. The predicted octanol–water partition coefficient (Wildman–Crippen LogP) is 3.81. The molecule has 0 radical (unpaired) electrons. The van der Waals surface area contributed by atoms with Crippen LogP contribution < -0.4 is 4.90 Å². The maximum absolute atomic E-state index is 4.68. The molecule has 0 aliphatic heterocycles. The first-order valence-corrected chi connectivity index (χ1v) is 8.68. The average Bonchev–Trinajstić information content (AvgIpc) is 3.02. The molecule has 0 amide bonds. The first kappa shape index (κ1) is 12.6. The van der Waals surface area contributed by atoms with Gasteiger partial charge in [-0.2, -0.15) is 0 Å². The number of aromatic nitrogens is 2. The number of hydrogen-bond donors (Lipinski definition) is 0. The zero-order chi connectivity index (χ0) is 13.5. The molecule has 1 fully saturated rings. The van der Waals surface area contributed by atoms with Gasteiger partial charge in [0.1, 0.15) is 17.0 Å². The van der Waals surface area contributed by atoms with Crippen molar-refractivity contribution in [3.8, 4) is 0 Å². The van der Waals surface area contributed by atoms with Crippen molar-refractivity contribution in [2.24, 2.45) is 5.92 Å². The summed E-state index contributed by atoms with van der Waals surface area (Å²) >= 11 is 1.89. The van der Waals surface area contributed by atoms with Gasteiger partial charge in [-0.25, -0.2) is 9.97 Å². The van der Waals surface area contributed by atoms with Crippen LogP contribution in [0.3, 0.4) is 0 Å². The van der Waals surface area contributed by atoms with E-state index in [1.165, 1.54) is 61.1 Å². The Morgan fingerprint density at radius 1 is 1.30 bits per heavy atom. The standard InChI is InChI=1S/C16H21N3S/c1-2-8-19(9-11-6-7-11)15-14-12-4-3-5-13(12)20-16(14)18-10-17-15/h10-11H,2-9H2,1H3. The van der Waals surface area contributed by atoms with Crippen molar-refractivity contribution in [3.63, 3.8) is 0 Å². The summed E-state index contributed by atoms with van der Waals surface area (Å²) in [6, 6.07) is 0. The lowest BCUT2D eigenvalue weighted by molar-refractivity contribution is 0.701. The minimum Gasteiger partial charge on any atom is -0.356 e. The quantitative estimate of drug-likeness (QED) is 0.837. The molecule has 20 heavy (non-hydrogen) atoms. The highest BCUT2D eigenvalue weighted by Crippen LogP contribution is 2.41. The minimum absolute atomic E-state index is 0.901. The molecule has 2 heterocycles. The third kappa shape index (κ3) is 2.10. The molecule has 0 atom stereocenters. The summed E-state index contributed by atoms with van der Waals surface area (Å²) in [5.74, 6) is 2.11. The summed E-state index contributed by atoms with van der Waals surface area (Å²) in [6.07, 6.45) is 9.52. The number of rotatable bonds is 5. The van der Waals surface area contributed by atoms with Crippen LogP contribution >= 0.6 is 11.3 Å². The van der Waals surface area contributed by atoms with Gasteiger partial charge in [-0.3, -0.25) is 0 Å². The lowest BCUT2D eigenvalue weighted by Crippen LogP contribution is -2.27. The number of nitrogens with zero attached hydrogens (tertiary/aromatic N) is 3. The number of thiophene rings is 1. The Morgan fingerprint density at radius 3 is 3.00 bits per heavy atom. The van der Waals surface area contributed by atoms with Crippen LogP contribution in [0.15, 0.2) is 6.33 Å². The van der Waals surface area contributed by atoms with E-state index < -0.39 is 0 Å². The third-order valence-corrected chi connectivity index (χ3v) is 5.65. The molecule has 0 spiro atoms. The second kappa shape index (κ2) is 4.99. The fourth-order valence-electron chi connectivity index (χ4n) is 3.32. The first-order chi connectivity index (χ1) is 9.86. The van der Waals surface area contributed by atoms with E-state index in [-0.39, 0.29) is 0 Å². The van der Waals surface area contributed by atoms with Gasteiger partial charge in [-0.15, -0.1) is 11.3 Å². The molecule has 106 valence electrons. The summed E-state index contributed by atoms with van der Waals surface area (Å²) in [5, 5.41) is 1.37. The van der Waals surface area contributed by atoms with Crippen LogP contribution in [-0.4, -0.2) is 23.1 Å². The second-order valence-electron chi connectivity index (χ2n) is 6.12. The van der Waals surface area contributed by atoms with Gasteiger partial charge in [-0.05, 0) is 50.0 Å². The molecule has 0 bridgehead atoms. The topological polar surface area (TPSA) is 29.0 Å². The number of hydrogen-bond acceptors (Lipinski definition) is 4. The molecule has 2 aliphatic rings. The van der Waals surface area contributed by atoms with Gasteiger partial charge in [-0.1, -0.05) is 6.92 Å². The number of anilines is 1. The predicted molar refractivity (Wildman–Crippen MR) is 84.7 cm³/mol. The summed E-state index contributed by atoms with van der Waals surface area (Å²) in [4.78, 5) is 14.5. The maximum atomic E-state index is 4.68. The average molecular weight is 287 g/mol. The van der Waals surface area contributed by atoms with E-state index in [1.54, 1.807) is 16.8 Å². The Bertz CT molecular complexity index is 630. The van der Waals surface area contributed by atoms with E-state index in [2.05, 4.69) is 21.8 Å². The van der Waals surface area contributed by atoms with Gasteiger partial charge in [0.25, 0.3) is 0 Å². The Morgan fingerprint density at radius 2 is 2.20 bits per heavy atom. The monoisotopic (exact) mass is 287 g/mol. The fraction of sp³-hybridized carbons (Fsp3) is 0.625. The number of fused-ring (bicyclic) bond motifs is 3. The molecule has 2 aliphatic carbocycles. The SMILES string of the molecule is CCCN(CC1CC1)c1ncnc2sc3c(c12)CCC3. The van der Waals surface area contributed by atoms with Gasteiger partial charge < -0.3 is 4.90 Å². The Labute approximate surface area is 124 Å². The molecule has 3 nitrogen and oxygen atoms in total. The van der Waals surface area contributed by atoms with E-state index in [9.17, 15) is 0 Å². The number of aryl methyl sites for hydroxylation is 2. The van der Waals surface area contributed by atoms with Gasteiger partial charge in [0.05, 0.1) is 5.39 Å². The summed E-state index contributed by atoms with van der Waals surface area (Å²) in [6.45, 7) is 4.56. The van der Waals surface area contributed by atoms with Crippen LogP contribution in [0.5, 0.6) is 0 Å². The van der Waals surface area contributed by atoms with Crippen molar-refractivity contribution in [2.75, 3.05) is 18.0 Å². The Hall–Kier alpha value is -1.16. The van der Waals surface area contributed by atoms with Gasteiger partial charge in [0.15, 0.2) is 0 Å². The van der Waals surface area contributed by atoms with E-state index in [4.69, 9.17) is 0 Å². The molecule has 2 aromatic rings. The van der Waals surface area contributed by atoms with Crippen molar-refractivity contribution >= 4 is 27.4 Å². The zero-order valence-electron chi connectivity index (χ0n) is 12.1. The van der Waals surface area contributed by atoms with Gasteiger partial charge >= 0.3 is 0 Å². The Balaban J connectivity index is 1.80. The molecule has 4 rings (SSSR count). The van der Waals surface area contributed by atoms with Crippen molar-refractivity contribution in [3.05, 3.63) is 16.8 Å². The summed E-state index contributed by atoms with van der Waals surface area (Å²) in [5.41, 5.74) is 1.55. The molecular formula is C16H21N3S. The van der Waals surface area contributed by atoms with Crippen molar-refractivity contribution in [1.29, 1.82) is 0 Å². The smallest absolute Gasteiger partial charge is 0.141 e. The maximum Gasteiger partial charge on any atom is 0.141 e. The molecule has 0 saturated heterocycles. The lowest BCUT2D eigenvalue weighted by Gasteiger charge is -2.24. The van der Waals surface area contributed by atoms with Crippen LogP contribution in [0.2, 0.25) is 0 Å². The highest BCUT2D eigenvalue weighted by molar-refractivity contribution is 7.19. The van der Waals surface area contributed by atoms with E-state index in [0.717, 1.165) is 12.5 Å². The van der Waals surface area contributed by atoms with E-state index >= 15 is 0 Å². The zero-order valence-corrected chi connectivity index (χ0v) is 12.9. The van der Waals surface area contributed by atoms with Gasteiger partial charge in [0, 0.05) is 18.0 Å². The molecule has 1 saturated carbocycles. The normalized spacial score (nSPS) is 17.6. The van der Waals surface area contributed by atoms with Crippen LogP contribution in [0.4, 0.5) is 5.82 Å². The highest BCUT2D eigenvalue weighted by atomic mass is 32.1. The van der Waals surface area contributed by atoms with Crippen LogP contribution in [0, 0.1) is 5.92 Å². The molecule has 4 heteroatoms. The third-order valence-electron chi connectivity index (χ3n) is 4.45. The van der Waals surface area contributed by atoms with E-state index in [0.29, 0.717) is 0 Å². The Kier molecular flexibility index (Phi) is 3.14. The molecular weight excluding hydrogens is 266 g/mol. The van der Waals surface area contributed by atoms with E-state index in [1.807, 2.05) is 11.3 Å². The van der Waals surface area contributed by atoms with Crippen molar-refractivity contribution in [2.45, 2.75) is 45.4 Å². The lowest BCUT2D eigenvalue weighted by atomic mass is 10.1. The van der Waals surface area contributed by atoms with Crippen LogP contribution in [0.25, 0.3) is 10.2 Å². The highest BCUT2D eigenvalue weighted by Gasteiger charge is 2.28. The minimum atomic E-state index is 0.901. The molecule has 0 aromatic carbocycles. The van der Waals surface area contributed by atoms with Crippen LogP contribution in [0.1, 0.15) is 43.0 Å². The second-order valence-corrected chi connectivity index (χ2v) is 7.21. The molecule has 0 unspecified atom stereocenters. The fourth-order valence-corrected chi connectivity index (χ4v) is 4.54. The van der Waals surface area contributed by atoms with Crippen LogP contribution in [-0.2, 0) is 12.8 Å². The van der Waals surface area contributed by atoms with Crippen molar-refractivity contribution < 1.29 is 0 Å². The summed E-state index contributed by atoms with van der Waals surface area (Å²) in [7, 11) is 0.